The molecule has 2 unspecified atom stereocenters. The number of nitrogens with one attached hydrogen (secondary N) is 1. The van der Waals surface area contributed by atoms with Gasteiger partial charge in [0, 0.05) is 6.04 Å². The summed E-state index contributed by atoms with van der Waals surface area (Å²) in [4.78, 5) is 13.6. The molecule has 0 bridgehead atoms. The lowest BCUT2D eigenvalue weighted by atomic mass is 9.80. The molecule has 0 aromatic heterocycles. The van der Waals surface area contributed by atoms with Gasteiger partial charge >= 0.3 is 0 Å². The molecule has 1 N–H and O–H groups in total. The molecule has 2 fully saturated rings. The van der Waals surface area contributed by atoms with Crippen molar-refractivity contribution in [1.82, 2.24) is 10.2 Å². The van der Waals surface area contributed by atoms with E-state index in [1.165, 1.54) is 19.3 Å². The first-order valence-electron chi connectivity index (χ1n) is 5.24. The third kappa shape index (κ3) is 1.46. The number of hydrogen-bond acceptors (Lipinski definition) is 2. The van der Waals surface area contributed by atoms with Gasteiger partial charge in [-0.1, -0.05) is 6.42 Å². The number of nitrogens with zero attached hydrogens (tertiary/aromatic N) is 1. The lowest BCUT2D eigenvalue weighted by Gasteiger charge is -2.38. The Bertz CT molecular complexity index is 213. The van der Waals surface area contributed by atoms with Crippen LogP contribution in [0, 0.1) is 5.92 Å². The van der Waals surface area contributed by atoms with E-state index < -0.39 is 0 Å². The van der Waals surface area contributed by atoms with Gasteiger partial charge in [-0.3, -0.25) is 10.1 Å². The Hall–Kier alpha value is -0.570. The molecule has 0 spiro atoms. The first kappa shape index (κ1) is 9.00. The van der Waals surface area contributed by atoms with Crippen LogP contribution in [-0.4, -0.2) is 29.6 Å². The van der Waals surface area contributed by atoms with Crippen molar-refractivity contribution in [3.63, 3.8) is 0 Å². The van der Waals surface area contributed by atoms with Crippen molar-refractivity contribution in [2.24, 2.45) is 5.92 Å². The van der Waals surface area contributed by atoms with Gasteiger partial charge in [-0.05, 0) is 32.6 Å². The number of amides is 1. The minimum Gasteiger partial charge on any atom is -0.323 e. The summed E-state index contributed by atoms with van der Waals surface area (Å²) in [5, 5.41) is 3.18. The van der Waals surface area contributed by atoms with E-state index in [1.54, 1.807) is 0 Å². The Morgan fingerprint density at radius 2 is 2.23 bits per heavy atom. The maximum Gasteiger partial charge on any atom is 0.238 e. The smallest absolute Gasteiger partial charge is 0.238 e. The highest BCUT2D eigenvalue weighted by Gasteiger charge is 2.36. The van der Waals surface area contributed by atoms with Crippen molar-refractivity contribution in [2.45, 2.75) is 45.3 Å². The van der Waals surface area contributed by atoms with Gasteiger partial charge in [0.25, 0.3) is 0 Å². The predicted octanol–water partition coefficient (Wildman–Crippen LogP) is 0.953. The Morgan fingerprint density at radius 1 is 1.54 bits per heavy atom. The zero-order chi connectivity index (χ0) is 9.42. The summed E-state index contributed by atoms with van der Waals surface area (Å²) >= 11 is 0. The van der Waals surface area contributed by atoms with E-state index in [9.17, 15) is 4.79 Å². The van der Waals surface area contributed by atoms with Crippen LogP contribution in [-0.2, 0) is 4.79 Å². The highest BCUT2D eigenvalue weighted by molar-refractivity contribution is 5.80. The summed E-state index contributed by atoms with van der Waals surface area (Å²) in [6.45, 7) is 4.78. The van der Waals surface area contributed by atoms with E-state index in [1.807, 2.05) is 4.90 Å². The van der Waals surface area contributed by atoms with Gasteiger partial charge < -0.3 is 4.90 Å². The van der Waals surface area contributed by atoms with Crippen LogP contribution >= 0.6 is 0 Å². The van der Waals surface area contributed by atoms with E-state index in [2.05, 4.69) is 19.2 Å². The van der Waals surface area contributed by atoms with Crippen LogP contribution in [0.25, 0.3) is 0 Å². The average Bonchev–Trinajstić information content (AvgIpc) is 2.27. The van der Waals surface area contributed by atoms with Crippen molar-refractivity contribution in [3.8, 4) is 0 Å². The van der Waals surface area contributed by atoms with E-state index in [4.69, 9.17) is 0 Å². The fourth-order valence-corrected chi connectivity index (χ4v) is 2.37. The Labute approximate surface area is 79.5 Å². The second-order valence-electron chi connectivity index (χ2n) is 4.29. The first-order valence-corrected chi connectivity index (χ1v) is 5.24. The van der Waals surface area contributed by atoms with E-state index in [0.717, 1.165) is 5.92 Å². The second-order valence-corrected chi connectivity index (χ2v) is 4.29. The summed E-state index contributed by atoms with van der Waals surface area (Å²) < 4.78 is 0. The second kappa shape index (κ2) is 3.29. The lowest BCUT2D eigenvalue weighted by molar-refractivity contribution is -0.131. The fourth-order valence-electron chi connectivity index (χ4n) is 2.37. The highest BCUT2D eigenvalue weighted by Crippen LogP contribution is 2.33. The fraction of sp³-hybridized carbons (Fsp3) is 0.900. The minimum atomic E-state index is 0.239. The quantitative estimate of drug-likeness (QED) is 0.689. The molecule has 1 saturated carbocycles. The van der Waals surface area contributed by atoms with E-state index in [-0.39, 0.29) is 12.1 Å². The third-order valence-corrected chi connectivity index (χ3v) is 3.52. The van der Waals surface area contributed by atoms with E-state index >= 15 is 0 Å². The van der Waals surface area contributed by atoms with Crippen LogP contribution in [0.5, 0.6) is 0 Å². The molecular weight excluding hydrogens is 164 g/mol. The van der Waals surface area contributed by atoms with Gasteiger partial charge in [0.1, 0.15) is 0 Å². The molecular formula is C10H18N2O. The molecule has 0 aromatic rings. The molecule has 1 heterocycles. The van der Waals surface area contributed by atoms with Crippen molar-refractivity contribution in [2.75, 3.05) is 6.54 Å². The van der Waals surface area contributed by atoms with E-state index in [0.29, 0.717) is 12.6 Å². The largest absolute Gasteiger partial charge is 0.323 e. The van der Waals surface area contributed by atoms with Crippen LogP contribution in [0.3, 0.4) is 0 Å². The van der Waals surface area contributed by atoms with Crippen LogP contribution in [0.4, 0.5) is 0 Å². The van der Waals surface area contributed by atoms with Gasteiger partial charge in [-0.2, -0.15) is 0 Å². The molecule has 0 aromatic carbocycles. The summed E-state index contributed by atoms with van der Waals surface area (Å²) in [5.74, 6) is 1.03. The molecule has 1 aliphatic carbocycles. The molecule has 3 heteroatoms. The van der Waals surface area contributed by atoms with Crippen LogP contribution < -0.4 is 5.32 Å². The maximum atomic E-state index is 11.5. The van der Waals surface area contributed by atoms with Crippen molar-refractivity contribution >= 4 is 5.91 Å². The maximum absolute atomic E-state index is 11.5. The number of hydrogen-bond donors (Lipinski definition) is 1. The molecule has 0 radical (unpaired) electrons. The lowest BCUT2D eigenvalue weighted by Crippen LogP contribution is -2.46. The molecule has 2 aliphatic rings. The molecule has 2 atom stereocenters. The van der Waals surface area contributed by atoms with Crippen molar-refractivity contribution < 1.29 is 4.79 Å². The molecule has 74 valence electrons. The zero-order valence-corrected chi connectivity index (χ0v) is 8.42. The standard InChI is InChI=1S/C10H18N2O/c1-7(9-4-3-5-9)12-8(2)11-6-10(12)13/h7-9,11H,3-6H2,1-2H3. The highest BCUT2D eigenvalue weighted by atomic mass is 16.2. The normalized spacial score (nSPS) is 32.0. The SMILES string of the molecule is CC1NCC(=O)N1C(C)C1CCC1. The minimum absolute atomic E-state index is 0.239. The summed E-state index contributed by atoms with van der Waals surface area (Å²) in [6, 6.07) is 0.436. The predicted molar refractivity (Wildman–Crippen MR) is 51.1 cm³/mol. The number of rotatable bonds is 2. The summed E-state index contributed by atoms with van der Waals surface area (Å²) in [6.07, 6.45) is 4.19. The first-order chi connectivity index (χ1) is 6.20. The Morgan fingerprint density at radius 3 is 2.62 bits per heavy atom. The Kier molecular flexibility index (Phi) is 2.28. The van der Waals surface area contributed by atoms with Gasteiger partial charge in [-0.25, -0.2) is 0 Å². The molecule has 1 saturated heterocycles. The van der Waals surface area contributed by atoms with Crippen LogP contribution in [0.1, 0.15) is 33.1 Å². The van der Waals surface area contributed by atoms with Crippen molar-refractivity contribution in [3.05, 3.63) is 0 Å². The molecule has 13 heavy (non-hydrogen) atoms. The topological polar surface area (TPSA) is 32.3 Å². The van der Waals surface area contributed by atoms with Crippen molar-refractivity contribution in [1.29, 1.82) is 0 Å². The monoisotopic (exact) mass is 182 g/mol. The average molecular weight is 182 g/mol. The van der Waals surface area contributed by atoms with Gasteiger partial charge in [-0.15, -0.1) is 0 Å². The number of carbonyl (C=O) groups is 1. The van der Waals surface area contributed by atoms with Gasteiger partial charge in [0.15, 0.2) is 0 Å². The zero-order valence-electron chi connectivity index (χ0n) is 8.42. The third-order valence-electron chi connectivity index (χ3n) is 3.52. The van der Waals surface area contributed by atoms with Crippen LogP contribution in [0.2, 0.25) is 0 Å². The number of carbonyl (C=O) groups excluding carboxylic acids is 1. The van der Waals surface area contributed by atoms with Gasteiger partial charge in [0.2, 0.25) is 5.91 Å². The molecule has 2 rings (SSSR count). The molecule has 3 nitrogen and oxygen atoms in total. The summed E-state index contributed by atoms with van der Waals surface area (Å²) in [7, 11) is 0. The summed E-state index contributed by atoms with van der Waals surface area (Å²) in [5.41, 5.74) is 0. The molecule has 1 aliphatic heterocycles. The van der Waals surface area contributed by atoms with Gasteiger partial charge in [0.05, 0.1) is 12.7 Å². The Balaban J connectivity index is 2.00. The molecule has 1 amide bonds. The van der Waals surface area contributed by atoms with Crippen LogP contribution in [0.15, 0.2) is 0 Å².